The van der Waals surface area contributed by atoms with E-state index in [4.69, 9.17) is 4.74 Å². The van der Waals surface area contributed by atoms with Crippen molar-refractivity contribution in [2.75, 3.05) is 40.3 Å². The van der Waals surface area contributed by atoms with Gasteiger partial charge in [-0.05, 0) is 32.7 Å². The van der Waals surface area contributed by atoms with Gasteiger partial charge in [-0.3, -0.25) is 4.79 Å². The van der Waals surface area contributed by atoms with Gasteiger partial charge in [-0.15, -0.1) is 0 Å². The van der Waals surface area contributed by atoms with E-state index in [2.05, 4.69) is 0 Å². The van der Waals surface area contributed by atoms with Crippen LogP contribution in [0.2, 0.25) is 0 Å². The number of nitrogens with zero attached hydrogens (tertiary/aromatic N) is 2. The molecule has 0 saturated carbocycles. The maximum absolute atomic E-state index is 12.6. The highest BCUT2D eigenvalue weighted by atomic mass is 16.5. The Balaban J connectivity index is 1.72. The van der Waals surface area contributed by atoms with Gasteiger partial charge in [-0.25, -0.2) is 0 Å². The molecule has 5 nitrogen and oxygen atoms in total. The molecule has 1 N–H and O–H groups in total. The van der Waals surface area contributed by atoms with Gasteiger partial charge >= 0.3 is 0 Å². The number of rotatable bonds is 3. The number of carbonyl (C=O) groups is 1. The first-order chi connectivity index (χ1) is 10.5. The Bertz CT molecular complexity index is 612. The van der Waals surface area contributed by atoms with Crippen LogP contribution in [0.4, 0.5) is 0 Å². The highest BCUT2D eigenvalue weighted by molar-refractivity contribution is 5.99. The molecule has 0 unspecified atom stereocenters. The van der Waals surface area contributed by atoms with Crippen LogP contribution in [0.1, 0.15) is 12.0 Å². The summed E-state index contributed by atoms with van der Waals surface area (Å²) < 4.78 is 5.65. The molecular weight excluding hydrogens is 280 g/mol. The topological polar surface area (TPSA) is 53.0 Å². The van der Waals surface area contributed by atoms with Crippen LogP contribution in [0.3, 0.4) is 0 Å². The van der Waals surface area contributed by atoms with Gasteiger partial charge in [0.25, 0.3) is 5.91 Å². The van der Waals surface area contributed by atoms with Crippen molar-refractivity contribution in [1.29, 1.82) is 0 Å². The summed E-state index contributed by atoms with van der Waals surface area (Å²) in [5.41, 5.74) is 0.764. The molecule has 1 atom stereocenters. The number of fused-ring (bicyclic) bond motifs is 1. The molecule has 1 aromatic rings. The van der Waals surface area contributed by atoms with Crippen molar-refractivity contribution in [3.8, 4) is 5.75 Å². The minimum atomic E-state index is -0.812. The third kappa shape index (κ3) is 3.00. The number of β-amino-alcohol motifs (C(OH)–C–C–N with tert-alkyl or cyclic N) is 1. The van der Waals surface area contributed by atoms with Crippen LogP contribution in [-0.4, -0.2) is 66.8 Å². The summed E-state index contributed by atoms with van der Waals surface area (Å²) in [6.07, 6.45) is 2.51. The third-order valence-corrected chi connectivity index (χ3v) is 4.14. The monoisotopic (exact) mass is 302 g/mol. The summed E-state index contributed by atoms with van der Waals surface area (Å²) in [6, 6.07) is 7.69. The molecule has 1 fully saturated rings. The number of likely N-dealkylation sites (tertiary alicyclic amines) is 1. The average Bonchev–Trinajstić information content (AvgIpc) is 2.87. The molecule has 1 aromatic carbocycles. The molecule has 3 rings (SSSR count). The second kappa shape index (κ2) is 5.74. The Labute approximate surface area is 130 Å². The first-order valence-corrected chi connectivity index (χ1v) is 7.56. The van der Waals surface area contributed by atoms with E-state index in [9.17, 15) is 9.90 Å². The largest absolute Gasteiger partial charge is 0.488 e. The normalized spacial score (nSPS) is 24.0. The molecule has 2 aliphatic heterocycles. The van der Waals surface area contributed by atoms with Gasteiger partial charge in [0, 0.05) is 18.7 Å². The lowest BCUT2D eigenvalue weighted by Crippen LogP contribution is -2.44. The average molecular weight is 302 g/mol. The van der Waals surface area contributed by atoms with E-state index in [1.165, 1.54) is 0 Å². The molecule has 0 radical (unpaired) electrons. The summed E-state index contributed by atoms with van der Waals surface area (Å²) in [5, 5.41) is 10.6. The molecule has 1 saturated heterocycles. The van der Waals surface area contributed by atoms with E-state index in [-0.39, 0.29) is 5.91 Å². The Morgan fingerprint density at radius 3 is 2.95 bits per heavy atom. The van der Waals surface area contributed by atoms with Crippen molar-refractivity contribution in [2.24, 2.45) is 0 Å². The van der Waals surface area contributed by atoms with Gasteiger partial charge < -0.3 is 19.6 Å². The zero-order valence-electron chi connectivity index (χ0n) is 13.1. The maximum Gasteiger partial charge on any atom is 0.253 e. The first kappa shape index (κ1) is 15.1. The second-order valence-corrected chi connectivity index (χ2v) is 6.43. The zero-order valence-corrected chi connectivity index (χ0v) is 13.1. The lowest BCUT2D eigenvalue weighted by molar-refractivity contribution is -0.127. The summed E-state index contributed by atoms with van der Waals surface area (Å²) in [7, 11) is 3.85. The van der Waals surface area contributed by atoms with Crippen molar-refractivity contribution in [2.45, 2.75) is 12.0 Å². The summed E-state index contributed by atoms with van der Waals surface area (Å²) >= 11 is 0. The van der Waals surface area contributed by atoms with E-state index in [0.29, 0.717) is 38.2 Å². The van der Waals surface area contributed by atoms with Crippen molar-refractivity contribution in [3.05, 3.63) is 35.4 Å². The van der Waals surface area contributed by atoms with Gasteiger partial charge in [0.15, 0.2) is 0 Å². The molecule has 0 spiro atoms. The Morgan fingerprint density at radius 1 is 1.41 bits per heavy atom. The van der Waals surface area contributed by atoms with Gasteiger partial charge in [0.05, 0.1) is 17.7 Å². The van der Waals surface area contributed by atoms with Crippen LogP contribution in [0.25, 0.3) is 6.08 Å². The van der Waals surface area contributed by atoms with Crippen molar-refractivity contribution >= 4 is 12.0 Å². The highest BCUT2D eigenvalue weighted by Crippen LogP contribution is 2.28. The van der Waals surface area contributed by atoms with Crippen LogP contribution in [0.15, 0.2) is 29.8 Å². The fraction of sp³-hybridized carbons (Fsp3) is 0.471. The summed E-state index contributed by atoms with van der Waals surface area (Å²) in [6.45, 7) is 1.82. The lowest BCUT2D eigenvalue weighted by Gasteiger charge is -2.27. The smallest absolute Gasteiger partial charge is 0.253 e. The predicted molar refractivity (Wildman–Crippen MR) is 84.6 cm³/mol. The maximum atomic E-state index is 12.6. The molecular formula is C17H22N2O3. The number of hydrogen-bond donors (Lipinski definition) is 1. The Kier molecular flexibility index (Phi) is 3.93. The third-order valence-electron chi connectivity index (χ3n) is 4.14. The summed E-state index contributed by atoms with van der Waals surface area (Å²) in [4.78, 5) is 16.3. The van der Waals surface area contributed by atoms with E-state index in [1.807, 2.05) is 49.3 Å². The molecule has 5 heteroatoms. The molecule has 1 amide bonds. The number of likely N-dealkylation sites (N-methyl/N-ethyl adjacent to an activating group) is 1. The number of aliphatic hydroxyl groups is 1. The highest BCUT2D eigenvalue weighted by Gasteiger charge is 2.39. The van der Waals surface area contributed by atoms with Gasteiger partial charge in [-0.2, -0.15) is 0 Å². The van der Waals surface area contributed by atoms with Crippen molar-refractivity contribution in [1.82, 2.24) is 9.80 Å². The molecule has 22 heavy (non-hydrogen) atoms. The van der Waals surface area contributed by atoms with Crippen LogP contribution < -0.4 is 4.74 Å². The fourth-order valence-corrected chi connectivity index (χ4v) is 3.19. The number of hydrogen-bond acceptors (Lipinski definition) is 4. The molecule has 0 aliphatic carbocycles. The fourth-order valence-electron chi connectivity index (χ4n) is 3.19. The molecule has 0 aromatic heterocycles. The SMILES string of the molecule is CN(C)C[C@]1(O)CCN(C(=O)C2=Cc3ccccc3OC2)C1. The standard InChI is InChI=1S/C17H22N2O3/c1-18(2)11-17(21)7-8-19(12-17)16(20)14-9-13-5-3-4-6-15(13)22-10-14/h3-6,9,21H,7-8,10-12H2,1-2H3/t17-/m1/s1. The molecule has 118 valence electrons. The second-order valence-electron chi connectivity index (χ2n) is 6.43. The minimum absolute atomic E-state index is 0.0378. The minimum Gasteiger partial charge on any atom is -0.488 e. The van der Waals surface area contributed by atoms with Crippen LogP contribution in [-0.2, 0) is 4.79 Å². The summed E-state index contributed by atoms with van der Waals surface area (Å²) in [5.74, 6) is 0.772. The molecule has 2 aliphatic rings. The van der Waals surface area contributed by atoms with Crippen LogP contribution in [0.5, 0.6) is 5.75 Å². The van der Waals surface area contributed by atoms with Gasteiger partial charge in [0.2, 0.25) is 0 Å². The van der Waals surface area contributed by atoms with E-state index >= 15 is 0 Å². The van der Waals surface area contributed by atoms with E-state index in [0.717, 1.165) is 11.3 Å². The lowest BCUT2D eigenvalue weighted by atomic mass is 10.0. The van der Waals surface area contributed by atoms with Gasteiger partial charge in [-0.1, -0.05) is 18.2 Å². The predicted octanol–water partition coefficient (Wildman–Crippen LogP) is 0.987. The van der Waals surface area contributed by atoms with Gasteiger partial charge in [0.1, 0.15) is 12.4 Å². The number of para-hydroxylation sites is 1. The van der Waals surface area contributed by atoms with E-state index < -0.39 is 5.60 Å². The zero-order chi connectivity index (χ0) is 15.7. The quantitative estimate of drug-likeness (QED) is 0.904. The Hall–Kier alpha value is -1.85. The Morgan fingerprint density at radius 2 is 2.18 bits per heavy atom. The number of amides is 1. The number of ether oxygens (including phenoxy) is 1. The van der Waals surface area contributed by atoms with Crippen LogP contribution >= 0.6 is 0 Å². The van der Waals surface area contributed by atoms with Crippen molar-refractivity contribution in [3.63, 3.8) is 0 Å². The number of carbonyl (C=O) groups excluding carboxylic acids is 1. The van der Waals surface area contributed by atoms with Crippen molar-refractivity contribution < 1.29 is 14.6 Å². The molecule has 0 bridgehead atoms. The van der Waals surface area contributed by atoms with E-state index in [1.54, 1.807) is 4.90 Å². The molecule has 2 heterocycles. The first-order valence-electron chi connectivity index (χ1n) is 7.56. The van der Waals surface area contributed by atoms with Crippen LogP contribution in [0, 0.1) is 0 Å². The number of benzene rings is 1.